The van der Waals surface area contributed by atoms with Crippen molar-refractivity contribution < 1.29 is 19.1 Å². The maximum Gasteiger partial charge on any atom is 0.350 e. The monoisotopic (exact) mass is 375 g/mol. The number of hydrogen-bond donors (Lipinski definition) is 2. The Balaban J connectivity index is 1.77. The molecule has 1 aromatic heterocycles. The third-order valence-corrected chi connectivity index (χ3v) is 4.59. The van der Waals surface area contributed by atoms with Gasteiger partial charge in [0.2, 0.25) is 5.91 Å². The third-order valence-electron chi connectivity index (χ3n) is 3.54. The summed E-state index contributed by atoms with van der Waals surface area (Å²) in [4.78, 5) is 40.2. The van der Waals surface area contributed by atoms with Crippen LogP contribution in [-0.4, -0.2) is 35.9 Å². The van der Waals surface area contributed by atoms with Crippen molar-refractivity contribution in [2.75, 3.05) is 18.5 Å². The molecule has 1 heterocycles. The highest BCUT2D eigenvalue weighted by Crippen LogP contribution is 2.18. The lowest BCUT2D eigenvalue weighted by atomic mass is 10.1. The van der Waals surface area contributed by atoms with Crippen LogP contribution < -0.4 is 10.6 Å². The van der Waals surface area contributed by atoms with Crippen LogP contribution in [0.2, 0.25) is 0 Å². The Kier molecular flexibility index (Phi) is 6.85. The highest BCUT2D eigenvalue weighted by molar-refractivity contribution is 7.13. The van der Waals surface area contributed by atoms with Crippen LogP contribution in [0.5, 0.6) is 0 Å². The fourth-order valence-electron chi connectivity index (χ4n) is 2.29. The number of amides is 2. The number of para-hydroxylation sites is 1. The van der Waals surface area contributed by atoms with Crippen LogP contribution in [0.1, 0.15) is 32.9 Å². The Labute approximate surface area is 155 Å². The molecular weight excluding hydrogens is 354 g/mol. The third kappa shape index (κ3) is 5.38. The molecule has 8 heteroatoms. The van der Waals surface area contributed by atoms with Gasteiger partial charge in [-0.05, 0) is 31.9 Å². The number of anilines is 1. The standard InChI is InChI=1S/C18H21N3O4S/c1-4-13-7-5-6-8-14(13)21-15(22)9-19-16(23)10-25-18(24)17-11(2)20-12(3)26-17/h5-8H,4,9-10H2,1-3H3,(H,19,23)(H,21,22). The van der Waals surface area contributed by atoms with Crippen molar-refractivity contribution in [3.8, 4) is 0 Å². The molecule has 0 aliphatic rings. The molecule has 0 radical (unpaired) electrons. The number of aryl methyl sites for hydroxylation is 3. The average Bonchev–Trinajstić information content (AvgIpc) is 2.96. The number of nitrogens with one attached hydrogen (secondary N) is 2. The van der Waals surface area contributed by atoms with Crippen LogP contribution in [0.25, 0.3) is 0 Å². The summed E-state index contributed by atoms with van der Waals surface area (Å²) < 4.78 is 4.96. The van der Waals surface area contributed by atoms with Crippen molar-refractivity contribution in [3.63, 3.8) is 0 Å². The van der Waals surface area contributed by atoms with Crippen molar-refractivity contribution in [2.24, 2.45) is 0 Å². The van der Waals surface area contributed by atoms with Crippen molar-refractivity contribution in [1.82, 2.24) is 10.3 Å². The van der Waals surface area contributed by atoms with E-state index in [1.807, 2.05) is 25.1 Å². The lowest BCUT2D eigenvalue weighted by molar-refractivity contribution is -0.126. The van der Waals surface area contributed by atoms with E-state index in [0.29, 0.717) is 10.6 Å². The van der Waals surface area contributed by atoms with E-state index in [0.717, 1.165) is 22.7 Å². The molecule has 0 aliphatic heterocycles. The topological polar surface area (TPSA) is 97.4 Å². The Morgan fingerprint density at radius 2 is 1.88 bits per heavy atom. The minimum Gasteiger partial charge on any atom is -0.451 e. The number of carbonyl (C=O) groups excluding carboxylic acids is 3. The SMILES string of the molecule is CCc1ccccc1NC(=O)CNC(=O)COC(=O)c1sc(C)nc1C. The van der Waals surface area contributed by atoms with Crippen molar-refractivity contribution in [3.05, 3.63) is 45.4 Å². The first-order chi connectivity index (χ1) is 12.4. The second kappa shape index (κ2) is 9.10. The first-order valence-corrected chi connectivity index (χ1v) is 8.98. The number of hydrogen-bond acceptors (Lipinski definition) is 6. The van der Waals surface area contributed by atoms with Gasteiger partial charge in [0.25, 0.3) is 5.91 Å². The summed E-state index contributed by atoms with van der Waals surface area (Å²) in [7, 11) is 0. The summed E-state index contributed by atoms with van der Waals surface area (Å²) >= 11 is 1.22. The predicted molar refractivity (Wildman–Crippen MR) is 99.3 cm³/mol. The first kappa shape index (κ1) is 19.6. The van der Waals surface area contributed by atoms with E-state index in [9.17, 15) is 14.4 Å². The summed E-state index contributed by atoms with van der Waals surface area (Å²) in [6, 6.07) is 7.46. The average molecular weight is 375 g/mol. The molecule has 0 bridgehead atoms. The normalized spacial score (nSPS) is 10.3. The summed E-state index contributed by atoms with van der Waals surface area (Å²) in [6.07, 6.45) is 0.787. The Bertz CT molecular complexity index is 817. The fraction of sp³-hybridized carbons (Fsp3) is 0.333. The fourth-order valence-corrected chi connectivity index (χ4v) is 3.11. The molecule has 0 saturated carbocycles. The molecule has 2 amide bonds. The zero-order valence-electron chi connectivity index (χ0n) is 14.9. The molecule has 26 heavy (non-hydrogen) atoms. The summed E-state index contributed by atoms with van der Waals surface area (Å²) in [5.41, 5.74) is 2.31. The Morgan fingerprint density at radius 1 is 1.15 bits per heavy atom. The molecule has 0 aliphatic carbocycles. The summed E-state index contributed by atoms with van der Waals surface area (Å²) in [6.45, 7) is 4.84. The van der Waals surface area contributed by atoms with E-state index in [4.69, 9.17) is 4.74 Å². The van der Waals surface area contributed by atoms with E-state index < -0.39 is 18.5 Å². The largest absolute Gasteiger partial charge is 0.451 e. The number of benzene rings is 1. The summed E-state index contributed by atoms with van der Waals surface area (Å²) in [5, 5.41) is 5.93. The van der Waals surface area contributed by atoms with E-state index in [2.05, 4.69) is 15.6 Å². The lowest BCUT2D eigenvalue weighted by Crippen LogP contribution is -2.35. The molecule has 138 valence electrons. The van der Waals surface area contributed by atoms with Gasteiger partial charge in [0, 0.05) is 5.69 Å². The Hall–Kier alpha value is -2.74. The van der Waals surface area contributed by atoms with Gasteiger partial charge in [-0.1, -0.05) is 25.1 Å². The smallest absolute Gasteiger partial charge is 0.350 e. The molecule has 1 aromatic carbocycles. The molecule has 0 unspecified atom stereocenters. The molecule has 2 aromatic rings. The number of nitrogens with zero attached hydrogens (tertiary/aromatic N) is 1. The second-order valence-corrected chi connectivity index (χ2v) is 6.76. The van der Waals surface area contributed by atoms with Crippen molar-refractivity contribution >= 4 is 34.8 Å². The predicted octanol–water partition coefficient (Wildman–Crippen LogP) is 2.23. The van der Waals surface area contributed by atoms with Crippen LogP contribution in [0, 0.1) is 13.8 Å². The van der Waals surface area contributed by atoms with Crippen LogP contribution in [0.3, 0.4) is 0 Å². The van der Waals surface area contributed by atoms with Crippen LogP contribution in [-0.2, 0) is 20.7 Å². The van der Waals surface area contributed by atoms with Gasteiger partial charge in [0.1, 0.15) is 4.88 Å². The molecule has 0 atom stereocenters. The molecular formula is C18H21N3O4S. The number of carbonyl (C=O) groups is 3. The molecule has 0 fully saturated rings. The first-order valence-electron chi connectivity index (χ1n) is 8.16. The molecule has 0 saturated heterocycles. The van der Waals surface area contributed by atoms with Gasteiger partial charge in [-0.25, -0.2) is 9.78 Å². The number of thiazole rings is 1. The lowest BCUT2D eigenvalue weighted by Gasteiger charge is -2.10. The maximum absolute atomic E-state index is 12.0. The van der Waals surface area contributed by atoms with Crippen LogP contribution in [0.15, 0.2) is 24.3 Å². The second-order valence-electron chi connectivity index (χ2n) is 5.56. The van der Waals surface area contributed by atoms with Crippen molar-refractivity contribution in [2.45, 2.75) is 27.2 Å². The zero-order valence-corrected chi connectivity index (χ0v) is 15.7. The van der Waals surface area contributed by atoms with Gasteiger partial charge in [0.15, 0.2) is 6.61 Å². The van der Waals surface area contributed by atoms with Crippen LogP contribution in [0.4, 0.5) is 5.69 Å². The zero-order chi connectivity index (χ0) is 19.1. The number of esters is 1. The summed E-state index contributed by atoms with van der Waals surface area (Å²) in [5.74, 6) is -1.49. The van der Waals surface area contributed by atoms with Gasteiger partial charge >= 0.3 is 5.97 Å². The number of aromatic nitrogens is 1. The van der Waals surface area contributed by atoms with Gasteiger partial charge in [0.05, 0.1) is 17.2 Å². The van der Waals surface area contributed by atoms with Gasteiger partial charge in [-0.3, -0.25) is 9.59 Å². The number of ether oxygens (including phenoxy) is 1. The molecule has 2 N–H and O–H groups in total. The highest BCUT2D eigenvalue weighted by atomic mass is 32.1. The van der Waals surface area contributed by atoms with E-state index in [1.165, 1.54) is 11.3 Å². The minimum absolute atomic E-state index is 0.201. The molecule has 2 rings (SSSR count). The van der Waals surface area contributed by atoms with E-state index >= 15 is 0 Å². The van der Waals surface area contributed by atoms with Gasteiger partial charge < -0.3 is 15.4 Å². The maximum atomic E-state index is 12.0. The highest BCUT2D eigenvalue weighted by Gasteiger charge is 2.17. The minimum atomic E-state index is -0.593. The Morgan fingerprint density at radius 3 is 2.54 bits per heavy atom. The quantitative estimate of drug-likeness (QED) is 0.723. The van der Waals surface area contributed by atoms with Gasteiger partial charge in [-0.2, -0.15) is 0 Å². The molecule has 7 nitrogen and oxygen atoms in total. The molecule has 0 spiro atoms. The van der Waals surface area contributed by atoms with E-state index in [1.54, 1.807) is 19.9 Å². The van der Waals surface area contributed by atoms with Crippen molar-refractivity contribution in [1.29, 1.82) is 0 Å². The number of rotatable bonds is 7. The van der Waals surface area contributed by atoms with Crippen LogP contribution >= 0.6 is 11.3 Å². The van der Waals surface area contributed by atoms with E-state index in [-0.39, 0.29) is 12.5 Å². The van der Waals surface area contributed by atoms with Gasteiger partial charge in [-0.15, -0.1) is 11.3 Å².